The maximum absolute atomic E-state index is 11.8. The minimum absolute atomic E-state index is 0. The SMILES string of the molecule is CCCCCCCCCC(=O)O[C@H]1N=C([O-])[C@H](COS(=O)(=O)O)NC1=O.[Na+]. The molecule has 0 aromatic carbocycles. The number of amides is 1. The summed E-state index contributed by atoms with van der Waals surface area (Å²) in [6.45, 7) is 1.34. The van der Waals surface area contributed by atoms with E-state index in [1.807, 2.05) is 0 Å². The van der Waals surface area contributed by atoms with Gasteiger partial charge in [-0.15, -0.1) is 0 Å². The number of unbranched alkanes of at least 4 members (excludes halogenated alkanes) is 6. The molecule has 0 aromatic rings. The predicted octanol–water partition coefficient (Wildman–Crippen LogP) is -2.92. The Morgan fingerprint density at radius 3 is 2.41 bits per heavy atom. The number of carbonyl (C=O) groups is 2. The van der Waals surface area contributed by atoms with Gasteiger partial charge in [-0.3, -0.25) is 19.1 Å². The summed E-state index contributed by atoms with van der Waals surface area (Å²) in [4.78, 5) is 26.9. The van der Waals surface area contributed by atoms with E-state index in [1.165, 1.54) is 19.3 Å². The van der Waals surface area contributed by atoms with Gasteiger partial charge in [0.1, 0.15) is 0 Å². The van der Waals surface area contributed by atoms with Crippen LogP contribution in [0, 0.1) is 0 Å². The third-order valence-electron chi connectivity index (χ3n) is 3.69. The summed E-state index contributed by atoms with van der Waals surface area (Å²) in [6.07, 6.45) is 5.70. The molecule has 0 bridgehead atoms. The monoisotopic (exact) mass is 416 g/mol. The van der Waals surface area contributed by atoms with E-state index in [2.05, 4.69) is 21.4 Å². The summed E-state index contributed by atoms with van der Waals surface area (Å²) in [5.74, 6) is -2.41. The van der Waals surface area contributed by atoms with E-state index in [0.29, 0.717) is 6.42 Å². The average Bonchev–Trinajstić information content (AvgIpc) is 2.55. The molecule has 0 aromatic heterocycles. The van der Waals surface area contributed by atoms with E-state index in [4.69, 9.17) is 9.29 Å². The molecule has 150 valence electrons. The van der Waals surface area contributed by atoms with Gasteiger partial charge in [-0.1, -0.05) is 45.4 Å². The van der Waals surface area contributed by atoms with Gasteiger partial charge in [-0.05, 0) is 12.3 Å². The number of hydrogen-bond acceptors (Lipinski definition) is 8. The number of carbonyl (C=O) groups excluding carboxylic acids is 2. The van der Waals surface area contributed by atoms with Crippen LogP contribution in [-0.4, -0.2) is 49.6 Å². The van der Waals surface area contributed by atoms with Crippen LogP contribution in [0.5, 0.6) is 0 Å². The summed E-state index contributed by atoms with van der Waals surface area (Å²) in [5, 5.41) is 13.8. The van der Waals surface area contributed by atoms with Crippen LogP contribution in [-0.2, 0) is 28.9 Å². The van der Waals surface area contributed by atoms with Crippen molar-refractivity contribution in [3.63, 3.8) is 0 Å². The Hall–Kier alpha value is -0.720. The second kappa shape index (κ2) is 13.5. The molecule has 12 heteroatoms. The van der Waals surface area contributed by atoms with Crippen LogP contribution >= 0.6 is 0 Å². The predicted molar refractivity (Wildman–Crippen MR) is 89.4 cm³/mol. The first-order chi connectivity index (χ1) is 12.2. The van der Waals surface area contributed by atoms with Crippen LogP contribution < -0.4 is 40.0 Å². The second-order valence-corrected chi connectivity index (χ2v) is 7.05. The van der Waals surface area contributed by atoms with Gasteiger partial charge in [0.2, 0.25) is 0 Å². The molecule has 0 radical (unpaired) electrons. The van der Waals surface area contributed by atoms with Gasteiger partial charge in [0.25, 0.3) is 12.1 Å². The number of hydrogen-bond donors (Lipinski definition) is 2. The molecular formula is C15H25N2NaO8S. The van der Waals surface area contributed by atoms with Crippen LogP contribution in [0.2, 0.25) is 0 Å². The molecule has 27 heavy (non-hydrogen) atoms. The van der Waals surface area contributed by atoms with Crippen LogP contribution in [0.4, 0.5) is 0 Å². The molecule has 2 N–H and O–H groups in total. The zero-order valence-corrected chi connectivity index (χ0v) is 18.5. The molecule has 10 nitrogen and oxygen atoms in total. The fourth-order valence-corrected chi connectivity index (χ4v) is 2.63. The van der Waals surface area contributed by atoms with E-state index in [-0.39, 0.29) is 36.0 Å². The molecule has 0 unspecified atom stereocenters. The zero-order valence-electron chi connectivity index (χ0n) is 15.7. The standard InChI is InChI=1S/C15H26N2O8S.Na/c1-2-3-4-5-6-7-8-9-12(18)25-15-14(20)16-11(13(19)17-15)10-24-26(21,22)23;/h11,15H,2-10H2,1H3,(H,16,20)(H,17,19)(H,21,22,23);/q;+1/p-1/t11-,15+;/m0./s1. The maximum Gasteiger partial charge on any atom is 1.00 e. The topological polar surface area (TPSA) is 154 Å². The third-order valence-corrected chi connectivity index (χ3v) is 4.13. The summed E-state index contributed by atoms with van der Waals surface area (Å²) in [5.41, 5.74) is 0. The van der Waals surface area contributed by atoms with Crippen molar-refractivity contribution in [2.75, 3.05) is 6.61 Å². The molecule has 0 fully saturated rings. The van der Waals surface area contributed by atoms with Crippen LogP contribution in [0.1, 0.15) is 58.3 Å². The molecule has 0 aliphatic carbocycles. The average molecular weight is 416 g/mol. The van der Waals surface area contributed by atoms with Crippen molar-refractivity contribution in [3.05, 3.63) is 0 Å². The third kappa shape index (κ3) is 11.7. The molecule has 2 atom stereocenters. The Bertz CT molecular complexity index is 611. The van der Waals surface area contributed by atoms with Crippen molar-refractivity contribution < 1.29 is 66.1 Å². The van der Waals surface area contributed by atoms with Crippen molar-refractivity contribution in [1.82, 2.24) is 5.32 Å². The smallest absolute Gasteiger partial charge is 0.860 e. The van der Waals surface area contributed by atoms with Gasteiger partial charge in [-0.2, -0.15) is 8.42 Å². The largest absolute Gasteiger partial charge is 1.00 e. The molecule has 1 amide bonds. The molecule has 1 heterocycles. The van der Waals surface area contributed by atoms with Gasteiger partial charge < -0.3 is 15.2 Å². The Morgan fingerprint density at radius 2 is 1.81 bits per heavy atom. The quantitative estimate of drug-likeness (QED) is 0.148. The summed E-state index contributed by atoms with van der Waals surface area (Å²) < 4.78 is 38.3. The maximum atomic E-state index is 11.8. The Kier molecular flexibility index (Phi) is 13.1. The van der Waals surface area contributed by atoms with E-state index in [9.17, 15) is 23.1 Å². The zero-order chi connectivity index (χ0) is 19.6. The molecule has 1 rings (SSSR count). The number of esters is 1. The fourth-order valence-electron chi connectivity index (χ4n) is 2.33. The molecule has 1 aliphatic rings. The van der Waals surface area contributed by atoms with Crippen LogP contribution in [0.25, 0.3) is 0 Å². The van der Waals surface area contributed by atoms with Crippen LogP contribution in [0.3, 0.4) is 0 Å². The first-order valence-corrected chi connectivity index (χ1v) is 9.96. The molecule has 1 aliphatic heterocycles. The van der Waals surface area contributed by atoms with Gasteiger partial charge in [0.15, 0.2) is 0 Å². The molecule has 0 saturated carbocycles. The normalized spacial score (nSPS) is 19.6. The minimum atomic E-state index is -4.75. The second-order valence-electron chi connectivity index (χ2n) is 5.95. The Balaban J connectivity index is 0.00000676. The van der Waals surface area contributed by atoms with Gasteiger partial charge >= 0.3 is 45.9 Å². The summed E-state index contributed by atoms with van der Waals surface area (Å²) in [6, 6.07) is -1.37. The Morgan fingerprint density at radius 1 is 1.22 bits per heavy atom. The number of rotatable bonds is 12. The van der Waals surface area contributed by atoms with Crippen molar-refractivity contribution in [3.8, 4) is 0 Å². The van der Waals surface area contributed by atoms with E-state index in [1.54, 1.807) is 0 Å². The van der Waals surface area contributed by atoms with Gasteiger partial charge in [0, 0.05) is 6.42 Å². The van der Waals surface area contributed by atoms with Crippen molar-refractivity contribution >= 4 is 28.2 Å². The molecule has 0 spiro atoms. The van der Waals surface area contributed by atoms with E-state index >= 15 is 0 Å². The molecular weight excluding hydrogens is 391 g/mol. The number of ether oxygens (including phenoxy) is 1. The van der Waals surface area contributed by atoms with Gasteiger partial charge in [-0.25, -0.2) is 4.18 Å². The minimum Gasteiger partial charge on any atom is -0.860 e. The Labute approximate surface area is 181 Å². The first-order valence-electron chi connectivity index (χ1n) is 8.59. The molecule has 0 saturated heterocycles. The van der Waals surface area contributed by atoms with Crippen molar-refractivity contribution in [1.29, 1.82) is 0 Å². The summed E-state index contributed by atoms with van der Waals surface area (Å²) >= 11 is 0. The van der Waals surface area contributed by atoms with Crippen molar-refractivity contribution in [2.45, 2.75) is 70.6 Å². The number of nitrogens with zero attached hydrogens (tertiary/aromatic N) is 1. The number of nitrogens with one attached hydrogen (secondary N) is 1. The van der Waals surface area contributed by atoms with E-state index in [0.717, 1.165) is 19.3 Å². The fraction of sp³-hybridized carbons (Fsp3) is 0.800. The number of aliphatic imine (C=N–C) groups is 1. The summed E-state index contributed by atoms with van der Waals surface area (Å²) in [7, 11) is -4.75. The van der Waals surface area contributed by atoms with E-state index < -0.39 is 47.0 Å². The first kappa shape index (κ1) is 26.3. The van der Waals surface area contributed by atoms with Crippen LogP contribution in [0.15, 0.2) is 4.99 Å². The van der Waals surface area contributed by atoms with Crippen molar-refractivity contribution in [2.24, 2.45) is 4.99 Å². The van der Waals surface area contributed by atoms with Gasteiger partial charge in [0.05, 0.1) is 12.6 Å².